The van der Waals surface area contributed by atoms with Crippen molar-refractivity contribution in [3.63, 3.8) is 0 Å². The molecule has 100 valence electrons. The second-order valence-electron chi connectivity index (χ2n) is 4.72. The number of nitrogens with one attached hydrogen (secondary N) is 1. The largest absolute Gasteiger partial charge is 0.344 e. The van der Waals surface area contributed by atoms with Gasteiger partial charge in [0, 0.05) is 14.0 Å². The molecule has 4 heteroatoms. The van der Waals surface area contributed by atoms with Crippen molar-refractivity contribution in [1.82, 2.24) is 5.32 Å². The SMILES string of the molecule is CC(C)C(NC(=O)c1ccc(I)cc1)c1cccs1. The first-order valence-corrected chi connectivity index (χ1v) is 8.13. The van der Waals surface area contributed by atoms with Gasteiger partial charge in [-0.05, 0) is 64.2 Å². The number of rotatable bonds is 4. The number of hydrogen-bond donors (Lipinski definition) is 1. The molecule has 2 aromatic rings. The summed E-state index contributed by atoms with van der Waals surface area (Å²) in [4.78, 5) is 13.5. The molecule has 0 aliphatic carbocycles. The third-order valence-corrected chi connectivity index (χ3v) is 4.58. The molecule has 19 heavy (non-hydrogen) atoms. The van der Waals surface area contributed by atoms with Crippen LogP contribution in [0.4, 0.5) is 0 Å². The number of halogens is 1. The molecule has 0 aliphatic heterocycles. The first-order valence-electron chi connectivity index (χ1n) is 6.18. The Hall–Kier alpha value is -0.880. The fraction of sp³-hybridized carbons (Fsp3) is 0.267. The van der Waals surface area contributed by atoms with Crippen molar-refractivity contribution >= 4 is 39.8 Å². The minimum absolute atomic E-state index is 0.0106. The fourth-order valence-electron chi connectivity index (χ4n) is 1.86. The Kier molecular flexibility index (Phi) is 4.99. The Morgan fingerprint density at radius 3 is 2.42 bits per heavy atom. The quantitative estimate of drug-likeness (QED) is 0.773. The first kappa shape index (κ1) is 14.5. The molecule has 0 saturated carbocycles. The predicted octanol–water partition coefficient (Wildman–Crippen LogP) is 4.48. The van der Waals surface area contributed by atoms with Crippen LogP contribution in [-0.4, -0.2) is 5.91 Å². The van der Waals surface area contributed by atoms with Crippen molar-refractivity contribution in [3.05, 3.63) is 55.8 Å². The van der Waals surface area contributed by atoms with E-state index < -0.39 is 0 Å². The molecule has 1 aromatic heterocycles. The number of thiophene rings is 1. The van der Waals surface area contributed by atoms with E-state index in [4.69, 9.17) is 0 Å². The summed E-state index contributed by atoms with van der Waals surface area (Å²) in [5, 5.41) is 5.17. The van der Waals surface area contributed by atoms with Crippen LogP contribution in [0.25, 0.3) is 0 Å². The van der Waals surface area contributed by atoms with E-state index in [0.717, 1.165) is 3.57 Å². The number of benzene rings is 1. The van der Waals surface area contributed by atoms with Gasteiger partial charge in [0.1, 0.15) is 0 Å². The van der Waals surface area contributed by atoms with E-state index in [-0.39, 0.29) is 11.9 Å². The van der Waals surface area contributed by atoms with Crippen LogP contribution in [0.1, 0.15) is 35.1 Å². The van der Waals surface area contributed by atoms with E-state index in [0.29, 0.717) is 11.5 Å². The minimum atomic E-state index is -0.0106. The molecule has 0 saturated heterocycles. The van der Waals surface area contributed by atoms with Crippen LogP contribution in [0.15, 0.2) is 41.8 Å². The second-order valence-corrected chi connectivity index (χ2v) is 6.94. The van der Waals surface area contributed by atoms with Crippen molar-refractivity contribution in [2.45, 2.75) is 19.9 Å². The topological polar surface area (TPSA) is 29.1 Å². The van der Waals surface area contributed by atoms with Gasteiger partial charge in [-0.25, -0.2) is 0 Å². The Bertz CT molecular complexity index is 534. The van der Waals surface area contributed by atoms with Crippen molar-refractivity contribution in [3.8, 4) is 0 Å². The summed E-state index contributed by atoms with van der Waals surface area (Å²) in [5.74, 6) is 0.356. The van der Waals surface area contributed by atoms with Crippen LogP contribution in [0, 0.1) is 9.49 Å². The lowest BCUT2D eigenvalue weighted by Gasteiger charge is -2.21. The van der Waals surface area contributed by atoms with Crippen molar-refractivity contribution in [2.75, 3.05) is 0 Å². The maximum Gasteiger partial charge on any atom is 0.251 e. The molecule has 0 fully saturated rings. The summed E-state index contributed by atoms with van der Waals surface area (Å²) in [6.45, 7) is 4.25. The lowest BCUT2D eigenvalue weighted by atomic mass is 10.0. The van der Waals surface area contributed by atoms with E-state index >= 15 is 0 Å². The number of carbonyl (C=O) groups excluding carboxylic acids is 1. The molecular formula is C15H16INOS. The molecule has 1 amide bonds. The summed E-state index contributed by atoms with van der Waals surface area (Å²) < 4.78 is 1.13. The molecule has 0 radical (unpaired) electrons. The van der Waals surface area contributed by atoms with Gasteiger partial charge in [-0.2, -0.15) is 0 Å². The van der Waals surface area contributed by atoms with E-state index in [2.05, 4.69) is 47.8 Å². The highest BCUT2D eigenvalue weighted by atomic mass is 127. The van der Waals surface area contributed by atoms with Gasteiger partial charge < -0.3 is 5.32 Å². The molecular weight excluding hydrogens is 369 g/mol. The predicted molar refractivity (Wildman–Crippen MR) is 88.5 cm³/mol. The summed E-state index contributed by atoms with van der Waals surface area (Å²) in [7, 11) is 0. The zero-order valence-corrected chi connectivity index (χ0v) is 13.9. The number of carbonyl (C=O) groups is 1. The van der Waals surface area contributed by atoms with Crippen LogP contribution < -0.4 is 5.32 Å². The molecule has 0 bridgehead atoms. The normalized spacial score (nSPS) is 12.4. The average Bonchev–Trinajstić information content (AvgIpc) is 2.89. The van der Waals surface area contributed by atoms with Gasteiger partial charge in [0.2, 0.25) is 0 Å². The van der Waals surface area contributed by atoms with Crippen molar-refractivity contribution < 1.29 is 4.79 Å². The van der Waals surface area contributed by atoms with Gasteiger partial charge in [-0.1, -0.05) is 19.9 Å². The highest BCUT2D eigenvalue weighted by Gasteiger charge is 2.19. The minimum Gasteiger partial charge on any atom is -0.344 e. The van der Waals surface area contributed by atoms with Crippen LogP contribution in [0.5, 0.6) is 0 Å². The summed E-state index contributed by atoms with van der Waals surface area (Å²) >= 11 is 3.92. The molecule has 1 aromatic carbocycles. The van der Waals surface area contributed by atoms with Crippen LogP contribution >= 0.6 is 33.9 Å². The van der Waals surface area contributed by atoms with Gasteiger partial charge in [0.05, 0.1) is 6.04 Å². The molecule has 1 heterocycles. The lowest BCUT2D eigenvalue weighted by Crippen LogP contribution is -2.31. The van der Waals surface area contributed by atoms with Gasteiger partial charge in [-0.3, -0.25) is 4.79 Å². The molecule has 2 nitrogen and oxygen atoms in total. The van der Waals surface area contributed by atoms with Gasteiger partial charge >= 0.3 is 0 Å². The summed E-state index contributed by atoms with van der Waals surface area (Å²) in [6, 6.07) is 11.8. The van der Waals surface area contributed by atoms with Crippen LogP contribution in [-0.2, 0) is 0 Å². The van der Waals surface area contributed by atoms with Gasteiger partial charge in [0.15, 0.2) is 0 Å². The molecule has 2 rings (SSSR count). The van der Waals surface area contributed by atoms with E-state index in [9.17, 15) is 4.79 Å². The maximum absolute atomic E-state index is 12.3. The molecule has 1 unspecified atom stereocenters. The monoisotopic (exact) mass is 385 g/mol. The standard InChI is InChI=1S/C15H16INOS/c1-10(2)14(13-4-3-9-19-13)17-15(18)11-5-7-12(16)8-6-11/h3-10,14H,1-2H3,(H,17,18). The lowest BCUT2D eigenvalue weighted by molar-refractivity contribution is 0.0926. The smallest absolute Gasteiger partial charge is 0.251 e. The Morgan fingerprint density at radius 1 is 1.21 bits per heavy atom. The highest BCUT2D eigenvalue weighted by Crippen LogP contribution is 2.26. The molecule has 0 spiro atoms. The zero-order valence-electron chi connectivity index (χ0n) is 10.9. The molecule has 0 aliphatic rings. The maximum atomic E-state index is 12.3. The van der Waals surface area contributed by atoms with Gasteiger partial charge in [-0.15, -0.1) is 11.3 Å². The average molecular weight is 385 g/mol. The summed E-state index contributed by atoms with van der Waals surface area (Å²) in [6.07, 6.45) is 0. The first-order chi connectivity index (χ1) is 9.08. The fourth-order valence-corrected chi connectivity index (χ4v) is 3.17. The van der Waals surface area contributed by atoms with Crippen LogP contribution in [0.2, 0.25) is 0 Å². The van der Waals surface area contributed by atoms with Crippen molar-refractivity contribution in [1.29, 1.82) is 0 Å². The van der Waals surface area contributed by atoms with E-state index in [1.807, 2.05) is 35.7 Å². The molecule has 1 N–H and O–H groups in total. The number of hydrogen-bond acceptors (Lipinski definition) is 2. The Morgan fingerprint density at radius 2 is 1.89 bits per heavy atom. The third-order valence-electron chi connectivity index (χ3n) is 2.91. The highest BCUT2D eigenvalue weighted by molar-refractivity contribution is 14.1. The van der Waals surface area contributed by atoms with E-state index in [1.165, 1.54) is 4.88 Å². The third kappa shape index (κ3) is 3.79. The van der Waals surface area contributed by atoms with Crippen molar-refractivity contribution in [2.24, 2.45) is 5.92 Å². The number of amides is 1. The summed E-state index contributed by atoms with van der Waals surface area (Å²) in [5.41, 5.74) is 0.711. The molecule has 1 atom stereocenters. The van der Waals surface area contributed by atoms with Crippen LogP contribution in [0.3, 0.4) is 0 Å². The Balaban J connectivity index is 2.14. The Labute approximate surface area is 131 Å². The van der Waals surface area contributed by atoms with Gasteiger partial charge in [0.25, 0.3) is 5.91 Å². The second kappa shape index (κ2) is 6.52. The van der Waals surface area contributed by atoms with E-state index in [1.54, 1.807) is 11.3 Å². The zero-order chi connectivity index (χ0) is 13.8.